The summed E-state index contributed by atoms with van der Waals surface area (Å²) < 4.78 is 57.6. The van der Waals surface area contributed by atoms with Crippen LogP contribution in [0.3, 0.4) is 0 Å². The molecule has 188 valence electrons. The predicted octanol–water partition coefficient (Wildman–Crippen LogP) is 5.74. The van der Waals surface area contributed by atoms with Crippen LogP contribution in [0.4, 0.5) is 0 Å². The standard InChI is InChI=1S/C31H28O4S2/c32-36(33,23-12-6-2-7-13-23)30-28-25(18-20-10-4-1-5-11-20)29(27-22-17-16-21(19-22)26(27)28)31(30)37(34,35)24-14-8-3-9-15-24/h1-15,18,21-22,28-31H,16-17,19H2/t21-,22-,28-,29-,30+,31+/m0/s1. The maximum Gasteiger partial charge on any atom is 0.183 e. The van der Waals surface area contributed by atoms with Gasteiger partial charge in [0.1, 0.15) is 0 Å². The number of rotatable bonds is 5. The summed E-state index contributed by atoms with van der Waals surface area (Å²) in [4.78, 5) is 0.398. The van der Waals surface area contributed by atoms with E-state index in [4.69, 9.17) is 0 Å². The molecule has 37 heavy (non-hydrogen) atoms. The molecule has 0 heterocycles. The third-order valence-corrected chi connectivity index (χ3v) is 13.6. The summed E-state index contributed by atoms with van der Waals surface area (Å²) in [7, 11) is -7.89. The Morgan fingerprint density at radius 1 is 0.568 bits per heavy atom. The molecule has 0 spiro atoms. The van der Waals surface area contributed by atoms with Gasteiger partial charge < -0.3 is 0 Å². The summed E-state index contributed by atoms with van der Waals surface area (Å²) >= 11 is 0. The Morgan fingerprint density at radius 2 is 0.973 bits per heavy atom. The topological polar surface area (TPSA) is 68.3 Å². The number of fused-ring (bicyclic) bond motifs is 8. The van der Waals surface area contributed by atoms with E-state index in [0.29, 0.717) is 11.8 Å². The Balaban J connectivity index is 1.50. The lowest BCUT2D eigenvalue weighted by Gasteiger charge is -2.35. The van der Waals surface area contributed by atoms with Crippen LogP contribution in [0.2, 0.25) is 0 Å². The van der Waals surface area contributed by atoms with Crippen LogP contribution in [0.5, 0.6) is 0 Å². The Hall–Kier alpha value is -2.96. The van der Waals surface area contributed by atoms with Crippen molar-refractivity contribution in [2.24, 2.45) is 23.7 Å². The second-order valence-electron chi connectivity index (χ2n) is 10.8. The molecule has 0 amide bonds. The first kappa shape index (κ1) is 23.2. The van der Waals surface area contributed by atoms with Gasteiger partial charge in [-0.1, -0.05) is 89.5 Å². The molecule has 3 aromatic carbocycles. The van der Waals surface area contributed by atoms with E-state index in [1.807, 2.05) is 30.3 Å². The second kappa shape index (κ2) is 8.27. The van der Waals surface area contributed by atoms with Gasteiger partial charge in [0.2, 0.25) is 0 Å². The van der Waals surface area contributed by atoms with Gasteiger partial charge in [0, 0.05) is 11.8 Å². The number of allylic oxidation sites excluding steroid dienone is 3. The SMILES string of the molecule is O=S(=O)(c1ccccc1)[C@@H]1[C@H]2C(=Cc3ccccc3)[C@@H](C3=C2[C@H]2CC[C@H]3C2)[C@H]1S(=O)(=O)c1ccccc1. The summed E-state index contributed by atoms with van der Waals surface area (Å²) in [6.07, 6.45) is 5.26. The lowest BCUT2D eigenvalue weighted by atomic mass is 9.82. The van der Waals surface area contributed by atoms with Crippen molar-refractivity contribution in [1.82, 2.24) is 0 Å². The van der Waals surface area contributed by atoms with Crippen LogP contribution in [-0.2, 0) is 19.7 Å². The Labute approximate surface area is 218 Å². The number of hydrogen-bond acceptors (Lipinski definition) is 4. The molecule has 4 aliphatic rings. The zero-order valence-corrected chi connectivity index (χ0v) is 21.9. The van der Waals surface area contributed by atoms with Gasteiger partial charge in [-0.2, -0.15) is 0 Å². The molecule has 6 heteroatoms. The molecular weight excluding hydrogens is 500 g/mol. The molecule has 7 rings (SSSR count). The third kappa shape index (κ3) is 3.31. The summed E-state index contributed by atoms with van der Waals surface area (Å²) in [5.41, 5.74) is 4.44. The highest BCUT2D eigenvalue weighted by atomic mass is 32.2. The minimum absolute atomic E-state index is 0.199. The van der Waals surface area contributed by atoms with Gasteiger partial charge in [0.15, 0.2) is 19.7 Å². The second-order valence-corrected chi connectivity index (χ2v) is 15.0. The minimum Gasteiger partial charge on any atom is -0.223 e. The van der Waals surface area contributed by atoms with Crippen LogP contribution >= 0.6 is 0 Å². The van der Waals surface area contributed by atoms with Crippen LogP contribution in [0, 0.1) is 23.7 Å². The van der Waals surface area contributed by atoms with E-state index in [-0.39, 0.29) is 9.79 Å². The normalized spacial score (nSPS) is 30.1. The van der Waals surface area contributed by atoms with Crippen LogP contribution in [0.25, 0.3) is 6.08 Å². The summed E-state index contributed by atoms with van der Waals surface area (Å²) in [5.74, 6) is -0.0700. The largest absolute Gasteiger partial charge is 0.223 e. The van der Waals surface area contributed by atoms with E-state index in [9.17, 15) is 16.8 Å². The average molecular weight is 529 g/mol. The molecule has 4 nitrogen and oxygen atoms in total. The summed E-state index contributed by atoms with van der Waals surface area (Å²) in [5, 5.41) is -2.09. The molecule has 0 unspecified atom stereocenters. The van der Waals surface area contributed by atoms with Gasteiger partial charge in [-0.3, -0.25) is 0 Å². The van der Waals surface area contributed by atoms with Crippen molar-refractivity contribution in [2.45, 2.75) is 39.6 Å². The molecule has 0 N–H and O–H groups in total. The van der Waals surface area contributed by atoms with Crippen molar-refractivity contribution in [1.29, 1.82) is 0 Å². The number of hydrogen-bond donors (Lipinski definition) is 0. The first-order valence-corrected chi connectivity index (χ1v) is 16.1. The van der Waals surface area contributed by atoms with Gasteiger partial charge in [0.05, 0.1) is 20.3 Å². The van der Waals surface area contributed by atoms with Crippen molar-refractivity contribution < 1.29 is 16.8 Å². The Kier molecular flexibility index (Phi) is 5.18. The van der Waals surface area contributed by atoms with E-state index in [2.05, 4.69) is 6.08 Å². The van der Waals surface area contributed by atoms with Crippen LogP contribution in [-0.4, -0.2) is 27.3 Å². The summed E-state index contributed by atoms with van der Waals surface area (Å²) in [6, 6.07) is 26.7. The maximum atomic E-state index is 14.4. The lowest BCUT2D eigenvalue weighted by Crippen LogP contribution is -2.45. The Bertz CT molecular complexity index is 1540. The molecule has 0 aromatic heterocycles. The molecule has 2 saturated carbocycles. The highest BCUT2D eigenvalue weighted by molar-refractivity contribution is 7.96. The minimum atomic E-state index is -3.94. The molecule has 3 aromatic rings. The number of benzene rings is 3. The van der Waals surface area contributed by atoms with E-state index in [1.165, 1.54) is 11.1 Å². The number of sulfone groups is 2. The van der Waals surface area contributed by atoms with Crippen LogP contribution < -0.4 is 0 Å². The predicted molar refractivity (Wildman–Crippen MR) is 144 cm³/mol. The maximum absolute atomic E-state index is 14.4. The van der Waals surface area contributed by atoms with Crippen molar-refractivity contribution in [2.75, 3.05) is 0 Å². The zero-order chi connectivity index (χ0) is 25.4. The average Bonchev–Trinajstić information content (AvgIpc) is 3.69. The first-order chi connectivity index (χ1) is 17.9. The third-order valence-electron chi connectivity index (χ3n) is 9.01. The molecule has 0 radical (unpaired) electrons. The molecular formula is C31H28O4S2. The molecule has 4 bridgehead atoms. The fourth-order valence-electron chi connectivity index (χ4n) is 7.72. The van der Waals surface area contributed by atoms with E-state index in [0.717, 1.165) is 30.4 Å². The van der Waals surface area contributed by atoms with Crippen LogP contribution in [0.1, 0.15) is 24.8 Å². The molecule has 2 fully saturated rings. The van der Waals surface area contributed by atoms with E-state index >= 15 is 0 Å². The zero-order valence-electron chi connectivity index (χ0n) is 20.3. The highest BCUT2D eigenvalue weighted by Gasteiger charge is 2.67. The smallest absolute Gasteiger partial charge is 0.183 e. The molecule has 0 saturated heterocycles. The van der Waals surface area contributed by atoms with Gasteiger partial charge >= 0.3 is 0 Å². The van der Waals surface area contributed by atoms with Crippen molar-refractivity contribution >= 4 is 25.8 Å². The molecule has 4 aliphatic carbocycles. The van der Waals surface area contributed by atoms with E-state index in [1.54, 1.807) is 60.7 Å². The fourth-order valence-corrected chi connectivity index (χ4v) is 12.6. The molecule has 0 aliphatic heterocycles. The van der Waals surface area contributed by atoms with E-state index < -0.39 is 42.0 Å². The lowest BCUT2D eigenvalue weighted by molar-refractivity contribution is 0.494. The van der Waals surface area contributed by atoms with Gasteiger partial charge in [-0.25, -0.2) is 16.8 Å². The van der Waals surface area contributed by atoms with Crippen molar-refractivity contribution in [3.63, 3.8) is 0 Å². The van der Waals surface area contributed by atoms with Gasteiger partial charge in [-0.15, -0.1) is 0 Å². The van der Waals surface area contributed by atoms with Gasteiger partial charge in [0.25, 0.3) is 0 Å². The van der Waals surface area contributed by atoms with Gasteiger partial charge in [-0.05, 0) is 60.9 Å². The Morgan fingerprint density at radius 3 is 1.41 bits per heavy atom. The first-order valence-electron chi connectivity index (χ1n) is 13.0. The monoisotopic (exact) mass is 528 g/mol. The summed E-state index contributed by atoms with van der Waals surface area (Å²) in [6.45, 7) is 0. The van der Waals surface area contributed by atoms with Crippen molar-refractivity contribution in [3.8, 4) is 0 Å². The fraction of sp³-hybridized carbons (Fsp3) is 0.290. The highest BCUT2D eigenvalue weighted by Crippen LogP contribution is 2.68. The van der Waals surface area contributed by atoms with Crippen LogP contribution in [0.15, 0.2) is 118 Å². The van der Waals surface area contributed by atoms with Crippen molar-refractivity contribution in [3.05, 3.63) is 113 Å². The quantitative estimate of drug-likeness (QED) is 0.313. The molecule has 6 atom stereocenters.